The number of urea groups is 1. The number of nitrogens with one attached hydrogen (secondary N) is 2. The Morgan fingerprint density at radius 2 is 1.86 bits per heavy atom. The van der Waals surface area contributed by atoms with Gasteiger partial charge in [-0.2, -0.15) is 0 Å². The van der Waals surface area contributed by atoms with E-state index in [1.807, 2.05) is 30.4 Å². The molecule has 2 aromatic rings. The number of rotatable bonds is 9. The van der Waals surface area contributed by atoms with E-state index >= 15 is 0 Å². The standard InChI is InChI=1S/C30H33N5O6S/c1-2-41-27(36)13-14-31-30(38)35-17-15-34(16-18-35)29(37)22-9-11-25(12-10-22)33-42(39,40)26-8-4-7-23-19-24(20-32-28(23)26)21-5-3-6-21/h3-11,19-20,25,33H,2,12-18H2,1H3,(H,31,38). The summed E-state index contributed by atoms with van der Waals surface area (Å²) in [7, 11) is -3.88. The summed E-state index contributed by atoms with van der Waals surface area (Å²) in [5.74, 6) is -0.531. The van der Waals surface area contributed by atoms with Crippen LogP contribution >= 0.6 is 0 Å². The number of sulfonamides is 1. The average Bonchev–Trinajstić information content (AvgIpc) is 2.96. The lowest BCUT2D eigenvalue weighted by molar-refractivity contribution is -0.143. The predicted molar refractivity (Wildman–Crippen MR) is 158 cm³/mol. The number of para-hydroxylation sites is 1. The van der Waals surface area contributed by atoms with E-state index < -0.39 is 16.1 Å². The molecular weight excluding hydrogens is 558 g/mol. The van der Waals surface area contributed by atoms with Gasteiger partial charge in [-0.25, -0.2) is 17.9 Å². The van der Waals surface area contributed by atoms with Crippen molar-refractivity contribution in [2.45, 2.75) is 30.7 Å². The van der Waals surface area contributed by atoms with Crippen molar-refractivity contribution in [1.29, 1.82) is 0 Å². The van der Waals surface area contributed by atoms with Gasteiger partial charge in [0.15, 0.2) is 0 Å². The van der Waals surface area contributed by atoms with E-state index in [0.29, 0.717) is 50.3 Å². The van der Waals surface area contributed by atoms with Crippen LogP contribution in [0.5, 0.6) is 0 Å². The number of fused-ring (bicyclic) bond motifs is 1. The fourth-order valence-corrected chi connectivity index (χ4v) is 6.32. The molecule has 3 aliphatic rings. The zero-order valence-corrected chi connectivity index (χ0v) is 24.1. The van der Waals surface area contributed by atoms with Crippen LogP contribution in [-0.4, -0.2) is 86.5 Å². The second-order valence-electron chi connectivity index (χ2n) is 10.1. The topological polar surface area (TPSA) is 138 Å². The molecule has 0 radical (unpaired) electrons. The van der Waals surface area contributed by atoms with Crippen LogP contribution in [0.2, 0.25) is 0 Å². The van der Waals surface area contributed by atoms with E-state index in [1.54, 1.807) is 47.2 Å². The first kappa shape index (κ1) is 29.2. The van der Waals surface area contributed by atoms with Gasteiger partial charge in [0.1, 0.15) is 4.90 Å². The van der Waals surface area contributed by atoms with Crippen LogP contribution in [0.25, 0.3) is 16.5 Å². The van der Waals surface area contributed by atoms with Crippen LogP contribution in [0.1, 0.15) is 25.3 Å². The molecule has 3 amide bonds. The van der Waals surface area contributed by atoms with Crippen molar-refractivity contribution in [1.82, 2.24) is 24.8 Å². The largest absolute Gasteiger partial charge is 0.466 e. The summed E-state index contributed by atoms with van der Waals surface area (Å²) < 4.78 is 34.2. The van der Waals surface area contributed by atoms with Crippen LogP contribution in [0.4, 0.5) is 4.79 Å². The Morgan fingerprint density at radius 1 is 1.10 bits per heavy atom. The lowest BCUT2D eigenvalue weighted by atomic mass is 10.00. The number of hydrogen-bond donors (Lipinski definition) is 2. The number of nitrogens with zero attached hydrogens (tertiary/aromatic N) is 3. The normalized spacial score (nSPS) is 18.3. The summed E-state index contributed by atoms with van der Waals surface area (Å²) in [5.41, 5.74) is 2.86. The van der Waals surface area contributed by atoms with Gasteiger partial charge in [-0.1, -0.05) is 48.6 Å². The molecule has 1 unspecified atom stereocenters. The molecule has 2 N–H and O–H groups in total. The predicted octanol–water partition coefficient (Wildman–Crippen LogP) is 2.53. The van der Waals surface area contributed by atoms with Gasteiger partial charge in [-0.05, 0) is 31.1 Å². The molecule has 1 fully saturated rings. The lowest BCUT2D eigenvalue weighted by Crippen LogP contribution is -2.53. The van der Waals surface area contributed by atoms with Crippen molar-refractivity contribution >= 4 is 44.4 Å². The Balaban J connectivity index is 1.13. The number of piperazine rings is 1. The fraction of sp³-hybridized carbons (Fsp3) is 0.333. The summed E-state index contributed by atoms with van der Waals surface area (Å²) in [6, 6.07) is 6.21. The Morgan fingerprint density at radius 3 is 2.52 bits per heavy atom. The molecule has 0 spiro atoms. The molecule has 42 heavy (non-hydrogen) atoms. The number of carbonyl (C=O) groups is 3. The van der Waals surface area contributed by atoms with E-state index in [1.165, 1.54) is 6.07 Å². The molecule has 1 aliphatic heterocycles. The quantitative estimate of drug-likeness (QED) is 0.428. The first-order valence-electron chi connectivity index (χ1n) is 13.9. The van der Waals surface area contributed by atoms with Gasteiger partial charge in [0.2, 0.25) is 10.0 Å². The molecule has 2 aliphatic carbocycles. The molecule has 0 bridgehead atoms. The third kappa shape index (κ3) is 6.60. The van der Waals surface area contributed by atoms with E-state index in [2.05, 4.69) is 15.0 Å². The highest BCUT2D eigenvalue weighted by molar-refractivity contribution is 7.89. The van der Waals surface area contributed by atoms with Crippen molar-refractivity contribution in [3.05, 3.63) is 78.1 Å². The molecule has 1 aromatic heterocycles. The van der Waals surface area contributed by atoms with E-state index in [-0.39, 0.29) is 35.8 Å². The van der Waals surface area contributed by atoms with Crippen LogP contribution < -0.4 is 10.0 Å². The van der Waals surface area contributed by atoms with E-state index in [4.69, 9.17) is 4.74 Å². The van der Waals surface area contributed by atoms with Crippen molar-refractivity contribution < 1.29 is 27.5 Å². The third-order valence-electron chi connectivity index (χ3n) is 7.27. The minimum Gasteiger partial charge on any atom is -0.466 e. The lowest BCUT2D eigenvalue weighted by Gasteiger charge is -2.35. The first-order valence-corrected chi connectivity index (χ1v) is 15.4. The maximum absolute atomic E-state index is 13.3. The number of esters is 1. The molecule has 1 aromatic carbocycles. The smallest absolute Gasteiger partial charge is 0.317 e. The summed E-state index contributed by atoms with van der Waals surface area (Å²) in [4.78, 5) is 44.7. The monoisotopic (exact) mass is 591 g/mol. The molecule has 11 nitrogen and oxygen atoms in total. The molecule has 220 valence electrons. The molecule has 5 rings (SSSR count). The van der Waals surface area contributed by atoms with Crippen LogP contribution in [0.3, 0.4) is 0 Å². The molecule has 1 atom stereocenters. The van der Waals surface area contributed by atoms with Crippen LogP contribution in [-0.2, 0) is 24.3 Å². The average molecular weight is 592 g/mol. The molecule has 1 saturated heterocycles. The van der Waals surface area contributed by atoms with Crippen LogP contribution in [0, 0.1) is 0 Å². The number of amides is 3. The number of carbonyl (C=O) groups excluding carboxylic acids is 3. The number of benzene rings is 1. The second-order valence-corrected chi connectivity index (χ2v) is 11.8. The summed E-state index contributed by atoms with van der Waals surface area (Å²) >= 11 is 0. The number of allylic oxidation sites excluding steroid dienone is 4. The summed E-state index contributed by atoms with van der Waals surface area (Å²) in [6.45, 7) is 3.68. The number of hydrogen-bond acceptors (Lipinski definition) is 7. The van der Waals surface area contributed by atoms with Crippen molar-refractivity contribution in [3.8, 4) is 0 Å². The summed E-state index contributed by atoms with van der Waals surface area (Å²) in [5, 5.41) is 3.44. The summed E-state index contributed by atoms with van der Waals surface area (Å²) in [6.07, 6.45) is 13.1. The van der Waals surface area contributed by atoms with Crippen LogP contribution in [0.15, 0.2) is 77.4 Å². The van der Waals surface area contributed by atoms with Gasteiger partial charge in [-0.15, -0.1) is 0 Å². The minimum absolute atomic E-state index is 0.103. The van der Waals surface area contributed by atoms with Gasteiger partial charge >= 0.3 is 12.0 Å². The molecule has 2 heterocycles. The van der Waals surface area contributed by atoms with E-state index in [9.17, 15) is 22.8 Å². The Labute approximate surface area is 244 Å². The maximum atomic E-state index is 13.3. The highest BCUT2D eigenvalue weighted by atomic mass is 32.2. The third-order valence-corrected chi connectivity index (χ3v) is 8.79. The van der Waals surface area contributed by atoms with Crippen molar-refractivity contribution in [2.75, 3.05) is 39.3 Å². The second kappa shape index (κ2) is 12.7. The zero-order chi connectivity index (χ0) is 29.7. The Hall–Kier alpha value is -4.29. The zero-order valence-electron chi connectivity index (χ0n) is 23.3. The SMILES string of the molecule is CCOC(=O)CCNC(=O)N1CCN(C(=O)C2=CCC(NS(=O)(=O)c3cccc4cc(C5=CC=C5)cnc34)C=C2)CC1. The van der Waals surface area contributed by atoms with Gasteiger partial charge < -0.3 is 19.9 Å². The fourth-order valence-electron chi connectivity index (χ4n) is 4.93. The highest BCUT2D eigenvalue weighted by Crippen LogP contribution is 2.28. The minimum atomic E-state index is -3.88. The van der Waals surface area contributed by atoms with Gasteiger partial charge in [-0.3, -0.25) is 14.6 Å². The molecular formula is C30H33N5O6S. The number of pyridine rings is 1. The molecule has 12 heteroatoms. The van der Waals surface area contributed by atoms with E-state index in [0.717, 1.165) is 16.5 Å². The van der Waals surface area contributed by atoms with Gasteiger partial charge in [0, 0.05) is 61.5 Å². The van der Waals surface area contributed by atoms with Gasteiger partial charge in [0.05, 0.1) is 18.5 Å². The maximum Gasteiger partial charge on any atom is 0.317 e. The highest BCUT2D eigenvalue weighted by Gasteiger charge is 2.28. The first-order chi connectivity index (χ1) is 20.2. The molecule has 0 saturated carbocycles. The van der Waals surface area contributed by atoms with Crippen molar-refractivity contribution in [3.63, 3.8) is 0 Å². The number of ether oxygens (including phenoxy) is 1. The Kier molecular flexibility index (Phi) is 8.83. The Bertz CT molecular complexity index is 1620. The van der Waals surface area contributed by atoms with Crippen molar-refractivity contribution in [2.24, 2.45) is 0 Å². The number of aromatic nitrogens is 1. The van der Waals surface area contributed by atoms with Gasteiger partial charge in [0.25, 0.3) is 5.91 Å².